The summed E-state index contributed by atoms with van der Waals surface area (Å²) < 4.78 is 0. The minimum Gasteiger partial charge on any atom is -0.103 e. The van der Waals surface area contributed by atoms with Gasteiger partial charge in [-0.1, -0.05) is 17.9 Å². The maximum absolute atomic E-state index is 3.94. The largest absolute Gasteiger partial charge is 0.103 e. The van der Waals surface area contributed by atoms with Crippen LogP contribution in [0.3, 0.4) is 0 Å². The molecule has 0 aromatic rings. The zero-order valence-electron chi connectivity index (χ0n) is 12.3. The van der Waals surface area contributed by atoms with Crippen molar-refractivity contribution in [2.24, 2.45) is 23.7 Å². The standard InChI is InChI=1S/C19H26/c1-3-5-6-7-17-10-14-19(15-11-17)18-12-8-16(4-2)9-13-18/h4,16-19H,2,8-15H2,1H3. The Morgan fingerprint density at radius 3 is 1.95 bits per heavy atom. The third-order valence-electron chi connectivity index (χ3n) is 5.05. The van der Waals surface area contributed by atoms with Crippen molar-refractivity contribution >= 4 is 0 Å². The van der Waals surface area contributed by atoms with Gasteiger partial charge < -0.3 is 0 Å². The molecule has 0 radical (unpaired) electrons. The summed E-state index contributed by atoms with van der Waals surface area (Å²) >= 11 is 0. The summed E-state index contributed by atoms with van der Waals surface area (Å²) in [6.07, 6.45) is 13.1. The topological polar surface area (TPSA) is 0 Å². The second-order valence-electron chi connectivity index (χ2n) is 6.17. The van der Waals surface area contributed by atoms with E-state index in [-0.39, 0.29) is 0 Å². The van der Waals surface area contributed by atoms with Gasteiger partial charge in [0.15, 0.2) is 0 Å². The predicted molar refractivity (Wildman–Crippen MR) is 82.3 cm³/mol. The molecular formula is C19H26. The third-order valence-corrected chi connectivity index (χ3v) is 5.05. The number of allylic oxidation sites excluding steroid dienone is 1. The molecule has 0 nitrogen and oxygen atoms in total. The summed E-state index contributed by atoms with van der Waals surface area (Å²) in [5, 5.41) is 0. The second-order valence-corrected chi connectivity index (χ2v) is 6.17. The van der Waals surface area contributed by atoms with E-state index in [0.717, 1.165) is 17.8 Å². The first-order chi connectivity index (χ1) is 9.33. The van der Waals surface area contributed by atoms with Gasteiger partial charge in [0.1, 0.15) is 0 Å². The summed E-state index contributed by atoms with van der Waals surface area (Å²) in [4.78, 5) is 0. The van der Waals surface area contributed by atoms with E-state index in [1.165, 1.54) is 51.4 Å². The highest BCUT2D eigenvalue weighted by Gasteiger charge is 2.29. The van der Waals surface area contributed by atoms with Crippen LogP contribution in [0.15, 0.2) is 12.7 Å². The van der Waals surface area contributed by atoms with Gasteiger partial charge in [-0.15, -0.1) is 6.58 Å². The van der Waals surface area contributed by atoms with Crippen molar-refractivity contribution in [1.82, 2.24) is 0 Å². The van der Waals surface area contributed by atoms with Crippen molar-refractivity contribution in [3.8, 4) is 23.7 Å². The van der Waals surface area contributed by atoms with Crippen LogP contribution in [0.1, 0.15) is 58.3 Å². The molecule has 102 valence electrons. The first-order valence-corrected chi connectivity index (χ1v) is 7.88. The first kappa shape index (κ1) is 14.3. The van der Waals surface area contributed by atoms with E-state index < -0.39 is 0 Å². The highest BCUT2D eigenvalue weighted by atomic mass is 14.3. The maximum Gasteiger partial charge on any atom is 0.0213 e. The fourth-order valence-electron chi connectivity index (χ4n) is 3.79. The minimum absolute atomic E-state index is 0.613. The molecule has 2 rings (SSSR count). The van der Waals surface area contributed by atoms with E-state index in [9.17, 15) is 0 Å². The highest BCUT2D eigenvalue weighted by molar-refractivity contribution is 5.26. The summed E-state index contributed by atoms with van der Waals surface area (Å²) in [5.41, 5.74) is 0. The Morgan fingerprint density at radius 1 is 0.842 bits per heavy atom. The molecule has 0 aromatic carbocycles. The molecule has 2 aliphatic rings. The Morgan fingerprint density at radius 2 is 1.42 bits per heavy atom. The number of hydrogen-bond acceptors (Lipinski definition) is 0. The Kier molecular flexibility index (Phi) is 5.60. The summed E-state index contributed by atoms with van der Waals surface area (Å²) in [7, 11) is 0. The van der Waals surface area contributed by atoms with Gasteiger partial charge in [-0.3, -0.25) is 0 Å². The van der Waals surface area contributed by atoms with E-state index in [0.29, 0.717) is 5.92 Å². The molecule has 0 atom stereocenters. The van der Waals surface area contributed by atoms with Crippen LogP contribution >= 0.6 is 0 Å². The predicted octanol–water partition coefficient (Wildman–Crippen LogP) is 4.81. The molecular weight excluding hydrogens is 228 g/mol. The molecule has 0 amide bonds. The molecule has 0 unspecified atom stereocenters. The van der Waals surface area contributed by atoms with Crippen LogP contribution in [0.2, 0.25) is 0 Å². The van der Waals surface area contributed by atoms with Gasteiger partial charge in [0, 0.05) is 5.92 Å². The van der Waals surface area contributed by atoms with Crippen molar-refractivity contribution in [3.05, 3.63) is 12.7 Å². The minimum atomic E-state index is 0.613. The fourth-order valence-corrected chi connectivity index (χ4v) is 3.79. The van der Waals surface area contributed by atoms with Crippen molar-refractivity contribution in [2.45, 2.75) is 58.3 Å². The van der Waals surface area contributed by atoms with Crippen LogP contribution in [0.5, 0.6) is 0 Å². The van der Waals surface area contributed by atoms with Crippen LogP contribution < -0.4 is 0 Å². The van der Waals surface area contributed by atoms with Crippen LogP contribution in [-0.2, 0) is 0 Å². The number of hydrogen-bond donors (Lipinski definition) is 0. The molecule has 0 spiro atoms. The van der Waals surface area contributed by atoms with Crippen LogP contribution in [-0.4, -0.2) is 0 Å². The molecule has 0 aliphatic heterocycles. The fraction of sp³-hybridized carbons (Fsp3) is 0.684. The maximum atomic E-state index is 3.94. The summed E-state index contributed by atoms with van der Waals surface area (Å²) in [6, 6.07) is 0. The quantitative estimate of drug-likeness (QED) is 0.490. The van der Waals surface area contributed by atoms with Crippen LogP contribution in [0.4, 0.5) is 0 Å². The lowest BCUT2D eigenvalue weighted by atomic mass is 9.69. The van der Waals surface area contributed by atoms with Crippen molar-refractivity contribution in [2.75, 3.05) is 0 Å². The molecule has 0 saturated heterocycles. The molecule has 0 bridgehead atoms. The molecule has 0 heteroatoms. The van der Waals surface area contributed by atoms with E-state index in [4.69, 9.17) is 0 Å². The Hall–Kier alpha value is -1.14. The SMILES string of the molecule is C=CC1CCC(C2CCC(C#CC#CC)CC2)CC1. The van der Waals surface area contributed by atoms with E-state index in [1.807, 2.05) is 6.92 Å². The first-order valence-electron chi connectivity index (χ1n) is 7.88. The van der Waals surface area contributed by atoms with Crippen molar-refractivity contribution in [1.29, 1.82) is 0 Å². The Bertz CT molecular complexity index is 393. The normalized spacial score (nSPS) is 34.4. The van der Waals surface area contributed by atoms with Gasteiger partial charge in [0.05, 0.1) is 0 Å². The lowest BCUT2D eigenvalue weighted by Gasteiger charge is -2.36. The summed E-state index contributed by atoms with van der Waals surface area (Å²) in [6.45, 7) is 5.79. The van der Waals surface area contributed by atoms with Gasteiger partial charge in [-0.2, -0.15) is 0 Å². The smallest absolute Gasteiger partial charge is 0.0213 e. The second kappa shape index (κ2) is 7.45. The van der Waals surface area contributed by atoms with Gasteiger partial charge >= 0.3 is 0 Å². The summed E-state index contributed by atoms with van der Waals surface area (Å²) in [5.74, 6) is 15.4. The molecule has 2 aliphatic carbocycles. The zero-order valence-corrected chi connectivity index (χ0v) is 12.3. The van der Waals surface area contributed by atoms with Gasteiger partial charge in [-0.05, 0) is 87.9 Å². The zero-order chi connectivity index (χ0) is 13.5. The molecule has 0 heterocycles. The Labute approximate surface area is 119 Å². The molecule has 19 heavy (non-hydrogen) atoms. The lowest BCUT2D eigenvalue weighted by Crippen LogP contribution is -2.25. The van der Waals surface area contributed by atoms with Gasteiger partial charge in [0.25, 0.3) is 0 Å². The van der Waals surface area contributed by atoms with Gasteiger partial charge in [-0.25, -0.2) is 0 Å². The van der Waals surface area contributed by atoms with E-state index in [1.54, 1.807) is 0 Å². The van der Waals surface area contributed by atoms with Crippen LogP contribution in [0.25, 0.3) is 0 Å². The highest BCUT2D eigenvalue weighted by Crippen LogP contribution is 2.41. The monoisotopic (exact) mass is 254 g/mol. The molecule has 0 aromatic heterocycles. The average molecular weight is 254 g/mol. The number of rotatable bonds is 2. The van der Waals surface area contributed by atoms with E-state index in [2.05, 4.69) is 36.3 Å². The average Bonchev–Trinajstić information content (AvgIpc) is 2.48. The third kappa shape index (κ3) is 4.18. The molecule has 0 N–H and O–H groups in total. The van der Waals surface area contributed by atoms with E-state index >= 15 is 0 Å². The Balaban J connectivity index is 1.76. The lowest BCUT2D eigenvalue weighted by molar-refractivity contribution is 0.168. The van der Waals surface area contributed by atoms with Crippen molar-refractivity contribution < 1.29 is 0 Å². The molecule has 2 saturated carbocycles. The van der Waals surface area contributed by atoms with Gasteiger partial charge in [0.2, 0.25) is 0 Å². The van der Waals surface area contributed by atoms with Crippen molar-refractivity contribution in [3.63, 3.8) is 0 Å². The van der Waals surface area contributed by atoms with Crippen LogP contribution in [0, 0.1) is 47.4 Å². The molecule has 2 fully saturated rings.